The van der Waals surface area contributed by atoms with Gasteiger partial charge in [0, 0.05) is 11.4 Å². The van der Waals surface area contributed by atoms with Crippen molar-refractivity contribution in [2.45, 2.75) is 53.0 Å². The number of rotatable bonds is 4. The van der Waals surface area contributed by atoms with Gasteiger partial charge in [-0.1, -0.05) is 26.8 Å². The largest absolute Gasteiger partial charge is 0.312 e. The Morgan fingerprint density at radius 2 is 1.94 bits per heavy atom. The van der Waals surface area contributed by atoms with Crippen molar-refractivity contribution in [2.24, 2.45) is 17.3 Å². The van der Waals surface area contributed by atoms with Crippen LogP contribution in [0.1, 0.15) is 51.3 Å². The molecule has 1 N–H and O–H groups in total. The molecular weight excluding hydrogens is 238 g/mol. The van der Waals surface area contributed by atoms with Crippen LogP contribution in [0, 0.1) is 17.3 Å². The minimum Gasteiger partial charge on any atom is -0.312 e. The van der Waals surface area contributed by atoms with Crippen LogP contribution in [-0.2, 0) is 6.54 Å². The van der Waals surface area contributed by atoms with Crippen LogP contribution < -0.4 is 5.32 Å². The van der Waals surface area contributed by atoms with Gasteiger partial charge in [0.15, 0.2) is 0 Å². The molecule has 0 unspecified atom stereocenters. The lowest BCUT2D eigenvalue weighted by molar-refractivity contribution is 0.149. The van der Waals surface area contributed by atoms with Gasteiger partial charge in [0.2, 0.25) is 0 Å². The van der Waals surface area contributed by atoms with Crippen LogP contribution in [0.4, 0.5) is 0 Å². The van der Waals surface area contributed by atoms with Gasteiger partial charge in [-0.25, -0.2) is 0 Å². The van der Waals surface area contributed by atoms with Gasteiger partial charge in [0.05, 0.1) is 0 Å². The first-order chi connectivity index (χ1) is 8.55. The number of hydrogen-bond acceptors (Lipinski definition) is 2. The first-order valence-corrected chi connectivity index (χ1v) is 8.17. The molecule has 0 aromatic carbocycles. The molecular formula is C16H27NS. The molecule has 1 fully saturated rings. The minimum atomic E-state index is 0.509. The van der Waals surface area contributed by atoms with Gasteiger partial charge in [0.1, 0.15) is 0 Å². The predicted molar refractivity (Wildman–Crippen MR) is 80.9 cm³/mol. The molecule has 1 nitrogen and oxygen atoms in total. The third-order valence-corrected chi connectivity index (χ3v) is 5.26. The quantitative estimate of drug-likeness (QED) is 0.832. The summed E-state index contributed by atoms with van der Waals surface area (Å²) in [6.45, 7) is 9.44. The van der Waals surface area contributed by atoms with Crippen molar-refractivity contribution in [1.82, 2.24) is 5.32 Å². The highest BCUT2D eigenvalue weighted by atomic mass is 32.1. The van der Waals surface area contributed by atoms with E-state index in [1.807, 2.05) is 11.3 Å². The molecule has 1 aliphatic rings. The van der Waals surface area contributed by atoms with Crippen LogP contribution in [0.25, 0.3) is 0 Å². The van der Waals surface area contributed by atoms with Crippen LogP contribution in [0.3, 0.4) is 0 Å². The molecule has 1 aromatic rings. The second kappa shape index (κ2) is 6.21. The molecule has 0 aliphatic heterocycles. The van der Waals surface area contributed by atoms with E-state index in [2.05, 4.69) is 43.6 Å². The molecule has 0 bridgehead atoms. The summed E-state index contributed by atoms with van der Waals surface area (Å²) in [6.07, 6.45) is 5.68. The molecule has 2 heteroatoms. The molecule has 0 atom stereocenters. The molecule has 102 valence electrons. The Hall–Kier alpha value is -0.340. The summed E-state index contributed by atoms with van der Waals surface area (Å²) >= 11 is 1.85. The average Bonchev–Trinajstić information content (AvgIpc) is 2.82. The first kappa shape index (κ1) is 14.1. The molecule has 0 radical (unpaired) electrons. The van der Waals surface area contributed by atoms with Crippen LogP contribution in [-0.4, -0.2) is 6.54 Å². The highest BCUT2D eigenvalue weighted by Gasteiger charge is 2.29. The smallest absolute Gasteiger partial charge is 0.0299 e. The van der Waals surface area contributed by atoms with Gasteiger partial charge in [-0.05, 0) is 60.9 Å². The lowest BCUT2D eigenvalue weighted by Crippen LogP contribution is -2.30. The summed E-state index contributed by atoms with van der Waals surface area (Å²) in [7, 11) is 0. The van der Waals surface area contributed by atoms with Crippen LogP contribution in [0.2, 0.25) is 0 Å². The van der Waals surface area contributed by atoms with Gasteiger partial charge in [-0.2, -0.15) is 0 Å². The molecule has 0 spiro atoms. The number of thiophene rings is 1. The first-order valence-electron chi connectivity index (χ1n) is 7.29. The van der Waals surface area contributed by atoms with Crippen molar-refractivity contribution >= 4 is 11.3 Å². The van der Waals surface area contributed by atoms with Crippen molar-refractivity contribution < 1.29 is 0 Å². The average molecular weight is 265 g/mol. The second-order valence-electron chi connectivity index (χ2n) is 6.79. The highest BCUT2D eigenvalue weighted by Crippen LogP contribution is 2.39. The normalized spacial score (nSPS) is 25.3. The summed E-state index contributed by atoms with van der Waals surface area (Å²) in [5.41, 5.74) is 0.509. The van der Waals surface area contributed by atoms with Crippen molar-refractivity contribution in [3.63, 3.8) is 0 Å². The summed E-state index contributed by atoms with van der Waals surface area (Å²) in [6, 6.07) is 4.35. The van der Waals surface area contributed by atoms with Gasteiger partial charge < -0.3 is 5.32 Å². The predicted octanol–water partition coefficient (Wildman–Crippen LogP) is 4.69. The Morgan fingerprint density at radius 3 is 2.50 bits per heavy atom. The van der Waals surface area contributed by atoms with E-state index < -0.39 is 0 Å². The topological polar surface area (TPSA) is 12.0 Å². The van der Waals surface area contributed by atoms with E-state index >= 15 is 0 Å². The fourth-order valence-corrected chi connectivity index (χ4v) is 3.72. The summed E-state index contributed by atoms with van der Waals surface area (Å²) < 4.78 is 0. The molecule has 1 saturated carbocycles. The third-order valence-electron chi connectivity index (χ3n) is 4.38. The summed E-state index contributed by atoms with van der Waals surface area (Å²) in [4.78, 5) is 1.46. The van der Waals surface area contributed by atoms with Gasteiger partial charge in [-0.15, -0.1) is 11.3 Å². The zero-order chi connectivity index (χ0) is 13.0. The SMILES string of the molecule is CC(C)(C)C1CCC(CNCc2cccs2)CC1. The summed E-state index contributed by atoms with van der Waals surface area (Å²) in [5.74, 6) is 1.84. The molecule has 0 saturated heterocycles. The van der Waals surface area contributed by atoms with Crippen LogP contribution in [0.5, 0.6) is 0 Å². The Bertz CT molecular complexity index is 328. The lowest BCUT2D eigenvalue weighted by atomic mass is 9.70. The maximum atomic E-state index is 3.62. The Balaban J connectivity index is 1.65. The standard InChI is InChI=1S/C16H27NS/c1-16(2,3)14-8-6-13(7-9-14)11-17-12-15-5-4-10-18-15/h4-5,10,13-14,17H,6-9,11-12H2,1-3H3. The van der Waals surface area contributed by atoms with Gasteiger partial charge >= 0.3 is 0 Å². The third kappa shape index (κ3) is 4.10. The maximum absolute atomic E-state index is 3.62. The maximum Gasteiger partial charge on any atom is 0.0299 e. The van der Waals surface area contributed by atoms with E-state index in [1.54, 1.807) is 0 Å². The van der Waals surface area contributed by atoms with E-state index in [1.165, 1.54) is 37.1 Å². The zero-order valence-electron chi connectivity index (χ0n) is 12.0. The number of hydrogen-bond donors (Lipinski definition) is 1. The molecule has 1 heterocycles. The highest BCUT2D eigenvalue weighted by molar-refractivity contribution is 7.09. The van der Waals surface area contributed by atoms with Crippen LogP contribution in [0.15, 0.2) is 17.5 Å². The van der Waals surface area contributed by atoms with E-state index in [9.17, 15) is 0 Å². The van der Waals surface area contributed by atoms with Crippen molar-refractivity contribution in [1.29, 1.82) is 0 Å². The number of nitrogens with one attached hydrogen (secondary N) is 1. The molecule has 1 aliphatic carbocycles. The monoisotopic (exact) mass is 265 g/mol. The van der Waals surface area contributed by atoms with E-state index in [0.29, 0.717) is 5.41 Å². The van der Waals surface area contributed by atoms with E-state index in [0.717, 1.165) is 18.4 Å². The van der Waals surface area contributed by atoms with Crippen LogP contribution >= 0.6 is 11.3 Å². The summed E-state index contributed by atoms with van der Waals surface area (Å²) in [5, 5.41) is 5.78. The van der Waals surface area contributed by atoms with E-state index in [-0.39, 0.29) is 0 Å². The van der Waals surface area contributed by atoms with Crippen molar-refractivity contribution in [2.75, 3.05) is 6.54 Å². The van der Waals surface area contributed by atoms with Crippen molar-refractivity contribution in [3.8, 4) is 0 Å². The molecule has 0 amide bonds. The van der Waals surface area contributed by atoms with Crippen molar-refractivity contribution in [3.05, 3.63) is 22.4 Å². The zero-order valence-corrected chi connectivity index (χ0v) is 12.9. The Morgan fingerprint density at radius 1 is 1.22 bits per heavy atom. The molecule has 18 heavy (non-hydrogen) atoms. The lowest BCUT2D eigenvalue weighted by Gasteiger charge is -2.37. The van der Waals surface area contributed by atoms with Gasteiger partial charge in [0.25, 0.3) is 0 Å². The Labute approximate surface area is 116 Å². The minimum absolute atomic E-state index is 0.509. The van der Waals surface area contributed by atoms with E-state index in [4.69, 9.17) is 0 Å². The molecule has 1 aromatic heterocycles. The fraction of sp³-hybridized carbons (Fsp3) is 0.750. The molecule has 2 rings (SSSR count). The Kier molecular flexibility index (Phi) is 4.85. The fourth-order valence-electron chi connectivity index (χ4n) is 3.05. The van der Waals surface area contributed by atoms with Gasteiger partial charge in [-0.3, -0.25) is 0 Å². The second-order valence-corrected chi connectivity index (χ2v) is 7.83.